The van der Waals surface area contributed by atoms with Gasteiger partial charge in [0.1, 0.15) is 11.6 Å². The molecule has 0 fully saturated rings. The van der Waals surface area contributed by atoms with Gasteiger partial charge in [-0.3, -0.25) is 9.78 Å². The predicted octanol–water partition coefficient (Wildman–Crippen LogP) is 4.87. The molecule has 9 heteroatoms. The average molecular weight is 489 g/mol. The summed E-state index contributed by atoms with van der Waals surface area (Å²) in [7, 11) is 0. The van der Waals surface area contributed by atoms with Gasteiger partial charge >= 0.3 is 6.03 Å². The molecule has 160 valence electrons. The predicted molar refractivity (Wildman–Crippen MR) is 118 cm³/mol. The first-order chi connectivity index (χ1) is 14.9. The van der Waals surface area contributed by atoms with Crippen molar-refractivity contribution in [1.29, 1.82) is 0 Å². The first-order valence-corrected chi connectivity index (χ1v) is 10.2. The van der Waals surface area contributed by atoms with Gasteiger partial charge in [0.05, 0.1) is 17.9 Å². The summed E-state index contributed by atoms with van der Waals surface area (Å²) < 4.78 is 28.5. The van der Waals surface area contributed by atoms with Crippen LogP contribution in [0, 0.1) is 11.6 Å². The summed E-state index contributed by atoms with van der Waals surface area (Å²) in [6.07, 6.45) is 1.48. The summed E-state index contributed by atoms with van der Waals surface area (Å²) in [4.78, 5) is 30.2. The number of nitrogens with zero attached hydrogens (tertiary/aromatic N) is 2. The van der Waals surface area contributed by atoms with Crippen LogP contribution in [0.3, 0.4) is 0 Å². The SMILES string of the molecule is O=C(NCCC(=O)N(Cc1ccccn1)c1ccc(F)cc1F)Nc1ccc(Br)cc1. The van der Waals surface area contributed by atoms with Gasteiger partial charge in [0.25, 0.3) is 0 Å². The monoisotopic (exact) mass is 488 g/mol. The Hall–Kier alpha value is -3.33. The molecule has 0 atom stereocenters. The lowest BCUT2D eigenvalue weighted by Crippen LogP contribution is -2.36. The van der Waals surface area contributed by atoms with E-state index in [-0.39, 0.29) is 25.2 Å². The number of hydrogen-bond donors (Lipinski definition) is 2. The van der Waals surface area contributed by atoms with E-state index in [4.69, 9.17) is 0 Å². The fraction of sp³-hybridized carbons (Fsp3) is 0.136. The Bertz CT molecular complexity index is 1050. The second-order valence-corrected chi connectivity index (χ2v) is 7.45. The minimum Gasteiger partial charge on any atom is -0.337 e. The van der Waals surface area contributed by atoms with Crippen LogP contribution in [0.4, 0.5) is 25.0 Å². The Kier molecular flexibility index (Phi) is 7.66. The number of anilines is 2. The highest BCUT2D eigenvalue weighted by Crippen LogP contribution is 2.23. The molecule has 2 N–H and O–H groups in total. The van der Waals surface area contributed by atoms with E-state index < -0.39 is 23.6 Å². The Morgan fingerprint density at radius 3 is 2.48 bits per heavy atom. The van der Waals surface area contributed by atoms with Crippen molar-refractivity contribution in [2.24, 2.45) is 0 Å². The third kappa shape index (κ3) is 6.58. The van der Waals surface area contributed by atoms with Gasteiger partial charge in [-0.2, -0.15) is 0 Å². The van der Waals surface area contributed by atoms with Crippen molar-refractivity contribution in [3.63, 3.8) is 0 Å². The molecule has 0 aliphatic heterocycles. The first-order valence-electron chi connectivity index (χ1n) is 9.38. The Morgan fingerprint density at radius 1 is 1.03 bits per heavy atom. The highest BCUT2D eigenvalue weighted by Gasteiger charge is 2.20. The van der Waals surface area contributed by atoms with E-state index in [1.165, 1.54) is 11.0 Å². The van der Waals surface area contributed by atoms with Crippen LogP contribution in [0.2, 0.25) is 0 Å². The number of rotatable bonds is 7. The highest BCUT2D eigenvalue weighted by molar-refractivity contribution is 9.10. The molecule has 3 amide bonds. The van der Waals surface area contributed by atoms with Crippen LogP contribution < -0.4 is 15.5 Å². The number of hydrogen-bond acceptors (Lipinski definition) is 3. The summed E-state index contributed by atoms with van der Waals surface area (Å²) in [6, 6.07) is 14.7. The zero-order valence-electron chi connectivity index (χ0n) is 16.3. The fourth-order valence-corrected chi connectivity index (χ4v) is 3.05. The highest BCUT2D eigenvalue weighted by atomic mass is 79.9. The number of halogens is 3. The minimum absolute atomic E-state index is 0.00726. The van der Waals surface area contributed by atoms with Crippen molar-refractivity contribution in [3.05, 3.63) is 88.7 Å². The van der Waals surface area contributed by atoms with Gasteiger partial charge in [-0.25, -0.2) is 13.6 Å². The zero-order chi connectivity index (χ0) is 22.2. The van der Waals surface area contributed by atoms with Crippen LogP contribution in [-0.2, 0) is 11.3 Å². The maximum absolute atomic E-state index is 14.3. The van der Waals surface area contributed by atoms with Crippen LogP contribution in [-0.4, -0.2) is 23.5 Å². The zero-order valence-corrected chi connectivity index (χ0v) is 17.9. The molecular formula is C22H19BrF2N4O2. The number of amides is 3. The number of pyridine rings is 1. The van der Waals surface area contributed by atoms with Crippen LogP contribution in [0.5, 0.6) is 0 Å². The Labute approximate surface area is 186 Å². The molecule has 3 rings (SSSR count). The van der Waals surface area contributed by atoms with E-state index in [9.17, 15) is 18.4 Å². The molecule has 0 saturated carbocycles. The smallest absolute Gasteiger partial charge is 0.319 e. The van der Waals surface area contributed by atoms with Crippen LogP contribution in [0.1, 0.15) is 12.1 Å². The summed E-state index contributed by atoms with van der Waals surface area (Å²) in [5.74, 6) is -2.04. The number of urea groups is 1. The van der Waals surface area contributed by atoms with E-state index in [0.29, 0.717) is 11.4 Å². The van der Waals surface area contributed by atoms with E-state index in [2.05, 4.69) is 31.5 Å². The van der Waals surface area contributed by atoms with E-state index >= 15 is 0 Å². The van der Waals surface area contributed by atoms with Crippen LogP contribution in [0.15, 0.2) is 71.3 Å². The molecule has 0 spiro atoms. The molecule has 0 radical (unpaired) electrons. The topological polar surface area (TPSA) is 74.3 Å². The molecule has 0 aliphatic rings. The number of carbonyl (C=O) groups is 2. The lowest BCUT2D eigenvalue weighted by molar-refractivity contribution is -0.118. The number of nitrogens with one attached hydrogen (secondary N) is 2. The van der Waals surface area contributed by atoms with Crippen molar-refractivity contribution < 1.29 is 18.4 Å². The standard InChI is InChI=1S/C22H19BrF2N4O2/c23-15-4-7-17(8-5-15)28-22(31)27-12-10-21(30)29(14-18-3-1-2-11-26-18)20-9-6-16(24)13-19(20)25/h1-9,11,13H,10,12,14H2,(H2,27,28,31). The molecule has 31 heavy (non-hydrogen) atoms. The van der Waals surface area contributed by atoms with Crippen molar-refractivity contribution in [1.82, 2.24) is 10.3 Å². The van der Waals surface area contributed by atoms with Gasteiger partial charge in [0.2, 0.25) is 5.91 Å². The Balaban J connectivity index is 1.63. The van der Waals surface area contributed by atoms with Crippen molar-refractivity contribution >= 4 is 39.2 Å². The molecule has 6 nitrogen and oxygen atoms in total. The normalized spacial score (nSPS) is 10.4. The summed E-state index contributed by atoms with van der Waals surface area (Å²) in [6.45, 7) is 0.0377. The average Bonchev–Trinajstić information content (AvgIpc) is 2.75. The molecule has 1 aromatic heterocycles. The Morgan fingerprint density at radius 2 is 1.81 bits per heavy atom. The summed E-state index contributed by atoms with van der Waals surface area (Å²) in [5.41, 5.74) is 1.08. The molecule has 0 saturated heterocycles. The molecule has 0 bridgehead atoms. The second-order valence-electron chi connectivity index (χ2n) is 6.53. The maximum atomic E-state index is 14.3. The molecule has 1 heterocycles. The lowest BCUT2D eigenvalue weighted by atomic mass is 10.2. The largest absolute Gasteiger partial charge is 0.337 e. The third-order valence-electron chi connectivity index (χ3n) is 4.27. The molecule has 0 unspecified atom stereocenters. The summed E-state index contributed by atoms with van der Waals surface area (Å²) >= 11 is 3.31. The van der Waals surface area contributed by atoms with E-state index in [1.807, 2.05) is 0 Å². The first kappa shape index (κ1) is 22.4. The van der Waals surface area contributed by atoms with E-state index in [1.54, 1.807) is 48.7 Å². The molecule has 3 aromatic rings. The van der Waals surface area contributed by atoms with E-state index in [0.717, 1.165) is 16.6 Å². The number of carbonyl (C=O) groups excluding carboxylic acids is 2. The van der Waals surface area contributed by atoms with Crippen molar-refractivity contribution in [2.75, 3.05) is 16.8 Å². The lowest BCUT2D eigenvalue weighted by Gasteiger charge is -2.23. The van der Waals surface area contributed by atoms with Gasteiger partial charge in [0, 0.05) is 35.4 Å². The van der Waals surface area contributed by atoms with Gasteiger partial charge < -0.3 is 15.5 Å². The van der Waals surface area contributed by atoms with Gasteiger partial charge in [0.15, 0.2) is 0 Å². The van der Waals surface area contributed by atoms with Crippen LogP contribution >= 0.6 is 15.9 Å². The molecular weight excluding hydrogens is 470 g/mol. The molecule has 0 aliphatic carbocycles. The number of benzene rings is 2. The number of aromatic nitrogens is 1. The minimum atomic E-state index is -0.856. The second kappa shape index (κ2) is 10.6. The maximum Gasteiger partial charge on any atom is 0.319 e. The van der Waals surface area contributed by atoms with Crippen molar-refractivity contribution in [2.45, 2.75) is 13.0 Å². The fourth-order valence-electron chi connectivity index (χ4n) is 2.79. The van der Waals surface area contributed by atoms with Gasteiger partial charge in [-0.1, -0.05) is 22.0 Å². The van der Waals surface area contributed by atoms with Crippen molar-refractivity contribution in [3.8, 4) is 0 Å². The van der Waals surface area contributed by atoms with Crippen LogP contribution in [0.25, 0.3) is 0 Å². The quantitative estimate of drug-likeness (QED) is 0.498. The molecule has 2 aromatic carbocycles. The van der Waals surface area contributed by atoms with Gasteiger partial charge in [-0.15, -0.1) is 0 Å². The van der Waals surface area contributed by atoms with Gasteiger partial charge in [-0.05, 0) is 48.5 Å². The third-order valence-corrected chi connectivity index (χ3v) is 4.80. The summed E-state index contributed by atoms with van der Waals surface area (Å²) in [5, 5.41) is 5.24.